The maximum atomic E-state index is 12.4. The van der Waals surface area contributed by atoms with Gasteiger partial charge in [-0.3, -0.25) is 4.79 Å². The van der Waals surface area contributed by atoms with Gasteiger partial charge in [0.2, 0.25) is 5.91 Å². The van der Waals surface area contributed by atoms with Gasteiger partial charge in [0.25, 0.3) is 0 Å². The van der Waals surface area contributed by atoms with E-state index < -0.39 is 0 Å². The van der Waals surface area contributed by atoms with Gasteiger partial charge in [-0.05, 0) is 24.5 Å². The molecule has 0 saturated carbocycles. The topological polar surface area (TPSA) is 59.8 Å². The fourth-order valence-electron chi connectivity index (χ4n) is 3.61. The Labute approximate surface area is 144 Å². The van der Waals surface area contributed by atoms with Crippen LogP contribution in [0, 0.1) is 0 Å². The number of aromatic nitrogens is 3. The van der Waals surface area contributed by atoms with Gasteiger partial charge in [-0.1, -0.05) is 26.0 Å². The molecule has 0 fully saturated rings. The first kappa shape index (κ1) is 15.3. The highest BCUT2D eigenvalue weighted by atomic mass is 32.1. The monoisotopic (exact) mass is 340 g/mol. The van der Waals surface area contributed by atoms with E-state index in [2.05, 4.69) is 35.3 Å². The van der Waals surface area contributed by atoms with Crippen LogP contribution in [-0.2, 0) is 4.79 Å². The largest absolute Gasteiger partial charge is 0.311 e. The number of carbonyl (C=O) groups excluding carboxylic acids is 1. The second-order valence-electron chi connectivity index (χ2n) is 6.22. The van der Waals surface area contributed by atoms with Crippen LogP contribution in [0.3, 0.4) is 0 Å². The van der Waals surface area contributed by atoms with Crippen molar-refractivity contribution in [3.63, 3.8) is 0 Å². The molecule has 1 aliphatic rings. The SMILES string of the molecule is CCC(CC)n1ncc2c1NC(=O)CC2c1cccc2ncsc12. The molecule has 2 aromatic heterocycles. The number of hydrogen-bond donors (Lipinski definition) is 1. The highest BCUT2D eigenvalue weighted by molar-refractivity contribution is 7.17. The van der Waals surface area contributed by atoms with Crippen molar-refractivity contribution >= 4 is 33.3 Å². The van der Waals surface area contributed by atoms with Gasteiger partial charge < -0.3 is 5.32 Å². The van der Waals surface area contributed by atoms with E-state index in [1.165, 1.54) is 10.3 Å². The summed E-state index contributed by atoms with van der Waals surface area (Å²) >= 11 is 1.64. The fraction of sp³-hybridized carbons (Fsp3) is 0.389. The predicted octanol–water partition coefficient (Wildman–Crippen LogP) is 4.33. The number of fused-ring (bicyclic) bond motifs is 2. The number of anilines is 1. The van der Waals surface area contributed by atoms with E-state index >= 15 is 0 Å². The lowest BCUT2D eigenvalue weighted by atomic mass is 9.87. The number of rotatable bonds is 4. The Morgan fingerprint density at radius 3 is 2.96 bits per heavy atom. The highest BCUT2D eigenvalue weighted by Crippen LogP contribution is 2.41. The van der Waals surface area contributed by atoms with E-state index in [1.54, 1.807) is 11.3 Å². The Bertz CT molecular complexity index is 893. The summed E-state index contributed by atoms with van der Waals surface area (Å²) in [7, 11) is 0. The Morgan fingerprint density at radius 2 is 2.17 bits per heavy atom. The van der Waals surface area contributed by atoms with Crippen LogP contribution in [0.15, 0.2) is 29.9 Å². The minimum Gasteiger partial charge on any atom is -0.311 e. The third-order valence-electron chi connectivity index (χ3n) is 4.90. The molecular formula is C18H20N4OS. The number of hydrogen-bond acceptors (Lipinski definition) is 4. The van der Waals surface area contributed by atoms with Crippen LogP contribution in [0.4, 0.5) is 5.82 Å². The van der Waals surface area contributed by atoms with Crippen LogP contribution < -0.4 is 5.32 Å². The number of amides is 1. The van der Waals surface area contributed by atoms with E-state index in [-0.39, 0.29) is 11.8 Å². The predicted molar refractivity (Wildman–Crippen MR) is 96.6 cm³/mol. The summed E-state index contributed by atoms with van der Waals surface area (Å²) in [6, 6.07) is 6.47. The van der Waals surface area contributed by atoms with E-state index in [1.807, 2.05) is 28.5 Å². The molecule has 0 spiro atoms. The molecule has 0 saturated heterocycles. The van der Waals surface area contributed by atoms with Crippen molar-refractivity contribution < 1.29 is 4.79 Å². The normalized spacial score (nSPS) is 17.3. The second-order valence-corrected chi connectivity index (χ2v) is 7.07. The number of carbonyl (C=O) groups is 1. The first-order chi connectivity index (χ1) is 11.7. The van der Waals surface area contributed by atoms with Crippen molar-refractivity contribution in [3.8, 4) is 0 Å². The van der Waals surface area contributed by atoms with Crippen LogP contribution in [0.5, 0.6) is 0 Å². The minimum absolute atomic E-state index is 0.0426. The smallest absolute Gasteiger partial charge is 0.226 e. The molecule has 0 aliphatic carbocycles. The molecular weight excluding hydrogens is 320 g/mol. The van der Waals surface area contributed by atoms with E-state index in [0.717, 1.165) is 29.7 Å². The summed E-state index contributed by atoms with van der Waals surface area (Å²) in [4.78, 5) is 16.8. The second kappa shape index (κ2) is 6.02. The van der Waals surface area contributed by atoms with Crippen molar-refractivity contribution in [2.24, 2.45) is 0 Å². The molecule has 5 nitrogen and oxygen atoms in total. The molecule has 4 rings (SSSR count). The molecule has 1 aliphatic heterocycles. The maximum Gasteiger partial charge on any atom is 0.226 e. The number of nitrogens with one attached hydrogen (secondary N) is 1. The number of benzene rings is 1. The molecule has 1 aromatic carbocycles. The van der Waals surface area contributed by atoms with Gasteiger partial charge in [0.15, 0.2) is 0 Å². The Kier molecular flexibility index (Phi) is 3.84. The van der Waals surface area contributed by atoms with Gasteiger partial charge in [-0.2, -0.15) is 5.10 Å². The average molecular weight is 340 g/mol. The molecule has 1 amide bonds. The molecule has 0 radical (unpaired) electrons. The van der Waals surface area contributed by atoms with E-state index in [4.69, 9.17) is 0 Å². The molecule has 3 heterocycles. The van der Waals surface area contributed by atoms with Gasteiger partial charge in [0.05, 0.1) is 28.0 Å². The van der Waals surface area contributed by atoms with Gasteiger partial charge in [-0.15, -0.1) is 11.3 Å². The molecule has 3 aromatic rings. The Balaban J connectivity index is 1.85. The van der Waals surface area contributed by atoms with Crippen LogP contribution in [0.1, 0.15) is 56.2 Å². The maximum absolute atomic E-state index is 12.4. The number of thiazole rings is 1. The third kappa shape index (κ3) is 2.33. The summed E-state index contributed by atoms with van der Waals surface area (Å²) in [5.41, 5.74) is 5.15. The summed E-state index contributed by atoms with van der Waals surface area (Å²) in [6.07, 6.45) is 4.38. The first-order valence-corrected chi connectivity index (χ1v) is 9.30. The third-order valence-corrected chi connectivity index (χ3v) is 5.79. The molecule has 124 valence electrons. The zero-order chi connectivity index (χ0) is 16.7. The summed E-state index contributed by atoms with van der Waals surface area (Å²) in [6.45, 7) is 4.31. The summed E-state index contributed by atoms with van der Waals surface area (Å²) < 4.78 is 3.16. The van der Waals surface area contributed by atoms with Gasteiger partial charge >= 0.3 is 0 Å². The van der Waals surface area contributed by atoms with Gasteiger partial charge in [0.1, 0.15) is 5.82 Å². The average Bonchev–Trinajstić information content (AvgIpc) is 3.22. The standard InChI is InChI=1S/C18H20N4OS/c1-3-11(4-2)22-18-14(9-20-22)13(8-16(23)21-18)12-6-5-7-15-17(12)24-10-19-15/h5-7,9-11,13H,3-4,8H2,1-2H3,(H,21,23). The van der Waals surface area contributed by atoms with Crippen LogP contribution >= 0.6 is 11.3 Å². The van der Waals surface area contributed by atoms with Gasteiger partial charge in [-0.25, -0.2) is 9.67 Å². The molecule has 1 unspecified atom stereocenters. The fourth-order valence-corrected chi connectivity index (χ4v) is 4.47. The highest BCUT2D eigenvalue weighted by Gasteiger charge is 2.32. The lowest BCUT2D eigenvalue weighted by molar-refractivity contribution is -0.116. The van der Waals surface area contributed by atoms with Gasteiger partial charge in [0, 0.05) is 17.9 Å². The van der Waals surface area contributed by atoms with Crippen LogP contribution in [0.2, 0.25) is 0 Å². The van der Waals surface area contributed by atoms with Crippen LogP contribution in [0.25, 0.3) is 10.2 Å². The van der Waals surface area contributed by atoms with E-state index in [0.29, 0.717) is 12.5 Å². The number of nitrogens with zero attached hydrogens (tertiary/aromatic N) is 3. The summed E-state index contributed by atoms with van der Waals surface area (Å²) in [5.74, 6) is 0.967. The molecule has 24 heavy (non-hydrogen) atoms. The van der Waals surface area contributed by atoms with E-state index in [9.17, 15) is 4.79 Å². The van der Waals surface area contributed by atoms with Crippen molar-refractivity contribution in [1.82, 2.24) is 14.8 Å². The minimum atomic E-state index is 0.0426. The quantitative estimate of drug-likeness (QED) is 0.769. The lowest BCUT2D eigenvalue weighted by Crippen LogP contribution is -2.26. The molecule has 1 atom stereocenters. The first-order valence-electron chi connectivity index (χ1n) is 8.42. The Morgan fingerprint density at radius 1 is 1.33 bits per heavy atom. The van der Waals surface area contributed by atoms with Crippen molar-refractivity contribution in [2.75, 3.05) is 5.32 Å². The van der Waals surface area contributed by atoms with Crippen molar-refractivity contribution in [1.29, 1.82) is 0 Å². The lowest BCUT2D eigenvalue weighted by Gasteiger charge is -2.26. The Hall–Kier alpha value is -2.21. The zero-order valence-corrected chi connectivity index (χ0v) is 14.6. The molecule has 6 heteroatoms. The zero-order valence-electron chi connectivity index (χ0n) is 13.8. The van der Waals surface area contributed by atoms with Crippen molar-refractivity contribution in [2.45, 2.75) is 45.1 Å². The molecule has 0 bridgehead atoms. The van der Waals surface area contributed by atoms with Crippen molar-refractivity contribution in [3.05, 3.63) is 41.0 Å². The summed E-state index contributed by atoms with van der Waals surface area (Å²) in [5, 5.41) is 7.66. The van der Waals surface area contributed by atoms with Crippen LogP contribution in [-0.4, -0.2) is 20.7 Å². The molecule has 1 N–H and O–H groups in total.